The first-order valence-corrected chi connectivity index (χ1v) is 29.4. The van der Waals surface area contributed by atoms with Crippen LogP contribution in [-0.2, 0) is 18.4 Å². The third-order valence-corrected chi connectivity index (χ3v) is 13.6. The van der Waals surface area contributed by atoms with Crippen LogP contribution in [0.1, 0.15) is 264 Å². The van der Waals surface area contributed by atoms with Crippen LogP contribution >= 0.6 is 7.82 Å². The molecule has 1 amide bonds. The Kier molecular flexibility index (Phi) is 46.8. The van der Waals surface area contributed by atoms with Crippen molar-refractivity contribution in [2.24, 2.45) is 0 Å². The van der Waals surface area contributed by atoms with E-state index in [1.54, 1.807) is 6.08 Å². The van der Waals surface area contributed by atoms with Crippen molar-refractivity contribution < 1.29 is 32.9 Å². The van der Waals surface area contributed by atoms with Crippen molar-refractivity contribution in [3.8, 4) is 0 Å². The molecule has 0 spiro atoms. The number of amides is 1. The molecule has 0 aliphatic heterocycles. The number of nitrogens with one attached hydrogen (secondary N) is 1. The summed E-state index contributed by atoms with van der Waals surface area (Å²) in [6.45, 7) is 4.82. The molecular weight excluding hydrogens is 828 g/mol. The second-order valence-corrected chi connectivity index (χ2v) is 21.8. The van der Waals surface area contributed by atoms with Gasteiger partial charge in [-0.05, 0) is 57.8 Å². The minimum absolute atomic E-state index is 0.0558. The number of phosphoric ester groups is 1. The molecule has 0 aliphatic carbocycles. The summed E-state index contributed by atoms with van der Waals surface area (Å²) >= 11 is 0. The Bertz CT molecular complexity index is 1150. The summed E-state index contributed by atoms with van der Waals surface area (Å²) in [7, 11) is 1.56. The van der Waals surface area contributed by atoms with Crippen LogP contribution in [0.5, 0.6) is 0 Å². The van der Waals surface area contributed by atoms with Crippen LogP contribution in [0, 0.1) is 0 Å². The van der Waals surface area contributed by atoms with Gasteiger partial charge in [0.25, 0.3) is 0 Å². The molecule has 0 saturated carbocycles. The first-order valence-electron chi connectivity index (χ1n) is 27.9. The molecule has 384 valence electrons. The van der Waals surface area contributed by atoms with E-state index in [-0.39, 0.29) is 19.1 Å². The number of hydrogen-bond acceptors (Lipinski definition) is 5. The number of allylic oxidation sites excluding steroid dienone is 5. The highest BCUT2D eigenvalue weighted by atomic mass is 31.2. The smallest absolute Gasteiger partial charge is 0.387 e. The summed E-state index contributed by atoms with van der Waals surface area (Å²) in [5.41, 5.74) is 0. The number of hydrogen-bond donors (Lipinski definition) is 3. The molecule has 8 nitrogen and oxygen atoms in total. The lowest BCUT2D eigenvalue weighted by Gasteiger charge is -2.25. The molecule has 3 N–H and O–H groups in total. The topological polar surface area (TPSA) is 105 Å². The lowest BCUT2D eigenvalue weighted by atomic mass is 10.0. The van der Waals surface area contributed by atoms with Crippen molar-refractivity contribution in [3.05, 3.63) is 36.5 Å². The number of quaternary nitrogens is 1. The lowest BCUT2D eigenvalue weighted by Crippen LogP contribution is -2.45. The van der Waals surface area contributed by atoms with Crippen LogP contribution in [-0.4, -0.2) is 73.4 Å². The first kappa shape index (κ1) is 63.7. The zero-order valence-electron chi connectivity index (χ0n) is 43.7. The number of likely N-dealkylation sites (N-methyl/N-ethyl adjacent to an activating group) is 1. The third kappa shape index (κ3) is 50.4. The Hall–Kier alpha value is -1.28. The SMILES string of the molecule is CCCCCCCCCCCCC/C=C\CCCCCCCCCC(=O)NC(COP(=O)(O)OCC[N+](C)(C)C)C(O)/C=C/CC/C=C/CCCCCCCCCCCCCCCCC. The van der Waals surface area contributed by atoms with Crippen LogP contribution in [0.2, 0.25) is 0 Å². The van der Waals surface area contributed by atoms with Gasteiger partial charge in [0.2, 0.25) is 5.91 Å². The number of aliphatic hydroxyl groups is 1. The largest absolute Gasteiger partial charge is 0.472 e. The maximum Gasteiger partial charge on any atom is 0.472 e. The van der Waals surface area contributed by atoms with E-state index in [1.807, 2.05) is 27.2 Å². The van der Waals surface area contributed by atoms with Gasteiger partial charge in [0.05, 0.1) is 39.9 Å². The first-order chi connectivity index (χ1) is 31.5. The van der Waals surface area contributed by atoms with Gasteiger partial charge in [0.15, 0.2) is 0 Å². The number of rotatable bonds is 51. The Balaban J connectivity index is 4.29. The Morgan fingerprint density at radius 2 is 0.846 bits per heavy atom. The van der Waals surface area contributed by atoms with Crippen molar-refractivity contribution in [2.45, 2.75) is 276 Å². The fourth-order valence-electron chi connectivity index (χ4n) is 8.17. The molecule has 0 rings (SSSR count). The minimum atomic E-state index is -4.35. The summed E-state index contributed by atoms with van der Waals surface area (Å²) in [6, 6.07) is -0.865. The van der Waals surface area contributed by atoms with Crippen LogP contribution in [0.3, 0.4) is 0 Å². The van der Waals surface area contributed by atoms with Crippen molar-refractivity contribution in [2.75, 3.05) is 40.9 Å². The van der Waals surface area contributed by atoms with Crippen molar-refractivity contribution >= 4 is 13.7 Å². The van der Waals surface area contributed by atoms with E-state index in [0.29, 0.717) is 17.4 Å². The second-order valence-electron chi connectivity index (χ2n) is 20.3. The molecule has 0 aromatic heterocycles. The minimum Gasteiger partial charge on any atom is -0.387 e. The quantitative estimate of drug-likeness (QED) is 0.0243. The standard InChI is InChI=1S/C56H109N2O6P/c1-6-8-10-12-14-16-18-20-22-24-26-28-30-32-34-36-38-40-42-44-46-48-50-56(60)57-54(53-64-65(61,62)63-52-51-58(3,4)5)55(59)49-47-45-43-41-39-37-35-33-31-29-27-25-23-21-19-17-15-13-11-9-7-2/h30,32,39,41,47,49,54-55,59H,6-29,31,33-38,40,42-46,48,50-53H2,1-5H3,(H-,57,60,61,62)/p+1/b32-30-,41-39+,49-47+. The fourth-order valence-corrected chi connectivity index (χ4v) is 8.91. The van der Waals surface area contributed by atoms with E-state index in [4.69, 9.17) is 9.05 Å². The molecule has 0 aromatic rings. The molecule has 0 aromatic carbocycles. The van der Waals surface area contributed by atoms with Crippen molar-refractivity contribution in [1.29, 1.82) is 0 Å². The van der Waals surface area contributed by atoms with E-state index in [9.17, 15) is 19.4 Å². The highest BCUT2D eigenvalue weighted by Gasteiger charge is 2.27. The molecule has 3 unspecified atom stereocenters. The summed E-state index contributed by atoms with van der Waals surface area (Å²) in [6.07, 6.45) is 61.0. The predicted molar refractivity (Wildman–Crippen MR) is 281 cm³/mol. The van der Waals surface area contributed by atoms with Gasteiger partial charge >= 0.3 is 7.82 Å². The predicted octanol–water partition coefficient (Wildman–Crippen LogP) is 16.6. The van der Waals surface area contributed by atoms with Crippen LogP contribution in [0.4, 0.5) is 0 Å². The maximum atomic E-state index is 13.0. The summed E-state index contributed by atoms with van der Waals surface area (Å²) in [5, 5.41) is 13.9. The number of aliphatic hydroxyl groups excluding tert-OH is 1. The number of phosphoric acid groups is 1. The van der Waals surface area contributed by atoms with Gasteiger partial charge in [-0.3, -0.25) is 13.8 Å². The Morgan fingerprint density at radius 3 is 1.23 bits per heavy atom. The van der Waals surface area contributed by atoms with Gasteiger partial charge in [0, 0.05) is 6.42 Å². The van der Waals surface area contributed by atoms with Gasteiger partial charge in [0.1, 0.15) is 13.2 Å². The van der Waals surface area contributed by atoms with Crippen LogP contribution in [0.25, 0.3) is 0 Å². The van der Waals surface area contributed by atoms with Gasteiger partial charge in [-0.15, -0.1) is 0 Å². The van der Waals surface area contributed by atoms with E-state index >= 15 is 0 Å². The van der Waals surface area contributed by atoms with E-state index in [1.165, 1.54) is 205 Å². The molecule has 0 heterocycles. The van der Waals surface area contributed by atoms with Gasteiger partial charge < -0.3 is 19.8 Å². The average molecular weight is 938 g/mol. The Morgan fingerprint density at radius 1 is 0.508 bits per heavy atom. The Labute approximate surface area is 404 Å². The van der Waals surface area contributed by atoms with Gasteiger partial charge in [-0.1, -0.05) is 237 Å². The van der Waals surface area contributed by atoms with E-state index in [0.717, 1.165) is 38.5 Å². The molecule has 9 heteroatoms. The fraction of sp³-hybridized carbons (Fsp3) is 0.875. The summed E-state index contributed by atoms with van der Waals surface area (Å²) in [4.78, 5) is 23.3. The molecule has 0 aliphatic rings. The highest BCUT2D eigenvalue weighted by Crippen LogP contribution is 2.43. The summed E-state index contributed by atoms with van der Waals surface area (Å²) in [5.74, 6) is -0.188. The monoisotopic (exact) mass is 938 g/mol. The van der Waals surface area contributed by atoms with Gasteiger partial charge in [-0.25, -0.2) is 4.57 Å². The molecule has 0 saturated heterocycles. The van der Waals surface area contributed by atoms with Crippen molar-refractivity contribution in [1.82, 2.24) is 5.32 Å². The molecule has 0 bridgehead atoms. The van der Waals surface area contributed by atoms with E-state index < -0.39 is 20.0 Å². The second kappa shape index (κ2) is 47.8. The number of carbonyl (C=O) groups excluding carboxylic acids is 1. The number of unbranched alkanes of at least 4 members (excludes halogenated alkanes) is 34. The normalized spacial score (nSPS) is 14.3. The zero-order chi connectivity index (χ0) is 47.8. The highest BCUT2D eigenvalue weighted by molar-refractivity contribution is 7.47. The number of nitrogens with zero attached hydrogens (tertiary/aromatic N) is 1. The number of carbonyl (C=O) groups is 1. The third-order valence-electron chi connectivity index (χ3n) is 12.6. The molecule has 3 atom stereocenters. The molecule has 0 radical (unpaired) electrons. The van der Waals surface area contributed by atoms with Gasteiger partial charge in [-0.2, -0.15) is 0 Å². The van der Waals surface area contributed by atoms with Crippen LogP contribution < -0.4 is 5.32 Å². The maximum absolute atomic E-state index is 13.0. The van der Waals surface area contributed by atoms with Crippen molar-refractivity contribution in [3.63, 3.8) is 0 Å². The van der Waals surface area contributed by atoms with E-state index in [2.05, 4.69) is 43.5 Å². The molecule has 0 fully saturated rings. The molecular formula is C56H110N2O6P+. The lowest BCUT2D eigenvalue weighted by molar-refractivity contribution is -0.870. The van der Waals surface area contributed by atoms with Crippen LogP contribution in [0.15, 0.2) is 36.5 Å². The summed E-state index contributed by atoms with van der Waals surface area (Å²) < 4.78 is 23.7. The zero-order valence-corrected chi connectivity index (χ0v) is 44.6. The molecule has 65 heavy (non-hydrogen) atoms. The average Bonchev–Trinajstić information content (AvgIpc) is 3.26.